The molecule has 0 atom stereocenters. The predicted molar refractivity (Wildman–Crippen MR) is 387 cm³/mol. The molecule has 12 aromatic carbocycles. The molecule has 0 saturated heterocycles. The molecule has 2 aliphatic rings. The van der Waals surface area contributed by atoms with Gasteiger partial charge in [0.25, 0.3) is 0 Å². The second-order valence-corrected chi connectivity index (χ2v) is 28.3. The van der Waals surface area contributed by atoms with Gasteiger partial charge in [-0.15, -0.1) is 0 Å². The average molecular weight is 1170 g/mol. The fourth-order valence-electron chi connectivity index (χ4n) is 16.2. The number of benzene rings is 12. The molecule has 2 aromatic heterocycles. The van der Waals surface area contributed by atoms with Crippen LogP contribution in [0.4, 0.5) is 34.1 Å². The Kier molecular flexibility index (Phi) is 13.6. The molecule has 0 spiro atoms. The van der Waals surface area contributed by atoms with Crippen molar-refractivity contribution < 1.29 is 0 Å². The van der Waals surface area contributed by atoms with Crippen LogP contribution in [0.15, 0.2) is 206 Å². The minimum atomic E-state index is 0.00197. The number of anilines is 6. The molecule has 0 bridgehead atoms. The molecule has 0 saturated carbocycles. The number of hydrogen-bond donors (Lipinski definition) is 0. The van der Waals surface area contributed by atoms with Crippen LogP contribution in [-0.4, -0.2) is 9.13 Å². The first kappa shape index (κ1) is 56.1. The van der Waals surface area contributed by atoms with Crippen molar-refractivity contribution >= 4 is 110 Å². The van der Waals surface area contributed by atoms with Gasteiger partial charge in [-0.1, -0.05) is 190 Å². The van der Waals surface area contributed by atoms with Gasteiger partial charge in [0.15, 0.2) is 0 Å². The summed E-state index contributed by atoms with van der Waals surface area (Å²) in [5, 5.41) is 13.1. The number of fused-ring (bicyclic) bond motifs is 8. The van der Waals surface area contributed by atoms with Crippen LogP contribution in [0.1, 0.15) is 138 Å². The van der Waals surface area contributed by atoms with Gasteiger partial charge in [0.1, 0.15) is 0 Å². The van der Waals surface area contributed by atoms with Crippen LogP contribution in [-0.2, 0) is 49.4 Å². The van der Waals surface area contributed by atoms with Crippen LogP contribution in [0.25, 0.3) is 87.3 Å². The molecule has 0 radical (unpaired) electrons. The zero-order chi connectivity index (χ0) is 61.2. The number of aryl methyl sites for hydroxylation is 4. The zero-order valence-corrected chi connectivity index (χ0v) is 53.9. The molecule has 14 aromatic rings. The van der Waals surface area contributed by atoms with Gasteiger partial charge in [-0.3, -0.25) is 0 Å². The maximum atomic E-state index is 2.70. The highest BCUT2D eigenvalue weighted by atomic mass is 15.2. The van der Waals surface area contributed by atoms with Gasteiger partial charge in [0.2, 0.25) is 0 Å². The van der Waals surface area contributed by atoms with E-state index in [0.29, 0.717) is 0 Å². The van der Waals surface area contributed by atoms with E-state index in [9.17, 15) is 0 Å². The molecule has 446 valence electrons. The van der Waals surface area contributed by atoms with E-state index in [4.69, 9.17) is 0 Å². The fourth-order valence-corrected chi connectivity index (χ4v) is 16.2. The van der Waals surface area contributed by atoms with Crippen molar-refractivity contribution in [3.05, 3.63) is 251 Å². The second kappa shape index (κ2) is 21.8. The van der Waals surface area contributed by atoms with Gasteiger partial charge in [0.05, 0.1) is 33.4 Å². The topological polar surface area (TPSA) is 16.3 Å². The molecule has 4 heteroatoms. The van der Waals surface area contributed by atoms with Crippen LogP contribution in [0, 0.1) is 0 Å². The third-order valence-corrected chi connectivity index (χ3v) is 20.5. The molecule has 2 heterocycles. The minimum Gasteiger partial charge on any atom is -0.309 e. The lowest BCUT2D eigenvalue weighted by Gasteiger charge is -2.34. The number of para-hydroxylation sites is 2. The van der Waals surface area contributed by atoms with Crippen molar-refractivity contribution in [1.29, 1.82) is 0 Å². The van der Waals surface area contributed by atoms with Crippen molar-refractivity contribution in [2.45, 2.75) is 143 Å². The monoisotopic (exact) mass is 1170 g/mol. The molecular weight excluding hydrogens is 1090 g/mol. The summed E-state index contributed by atoms with van der Waals surface area (Å²) in [4.78, 5) is 5.40. The maximum Gasteiger partial charge on any atom is 0.0561 e. The first-order chi connectivity index (χ1) is 43.8. The molecular formula is C86H82N4. The van der Waals surface area contributed by atoms with Crippen LogP contribution in [0.5, 0.6) is 0 Å². The molecule has 0 unspecified atom stereocenters. The highest BCUT2D eigenvalue weighted by Gasteiger charge is 2.30. The van der Waals surface area contributed by atoms with E-state index >= 15 is 0 Å². The van der Waals surface area contributed by atoms with E-state index < -0.39 is 0 Å². The number of aromatic nitrogens is 2. The fraction of sp³-hybridized carbons (Fsp3) is 0.256. The minimum absolute atomic E-state index is 0.00197. The summed E-state index contributed by atoms with van der Waals surface area (Å²) in [5.41, 5.74) is 26.1. The van der Waals surface area contributed by atoms with Crippen molar-refractivity contribution in [2.75, 3.05) is 9.80 Å². The molecule has 0 fully saturated rings. The van der Waals surface area contributed by atoms with Crippen molar-refractivity contribution in [3.8, 4) is 11.4 Å². The highest BCUT2D eigenvalue weighted by Crippen LogP contribution is 2.53. The van der Waals surface area contributed by atoms with Gasteiger partial charge >= 0.3 is 0 Å². The lowest BCUT2D eigenvalue weighted by Crippen LogP contribution is -2.17. The molecule has 16 rings (SSSR count). The third-order valence-electron chi connectivity index (χ3n) is 20.5. The van der Waals surface area contributed by atoms with Crippen molar-refractivity contribution in [1.82, 2.24) is 9.13 Å². The summed E-state index contributed by atoms with van der Waals surface area (Å²) >= 11 is 0. The van der Waals surface area contributed by atoms with Crippen LogP contribution in [0.3, 0.4) is 0 Å². The summed E-state index contributed by atoms with van der Waals surface area (Å²) in [6, 6.07) is 80.9. The molecule has 0 amide bonds. The first-order valence-corrected chi connectivity index (χ1v) is 33.7. The summed E-state index contributed by atoms with van der Waals surface area (Å²) in [5.74, 6) is 0. The third kappa shape index (κ3) is 9.13. The second-order valence-electron chi connectivity index (χ2n) is 28.3. The highest BCUT2D eigenvalue weighted by molar-refractivity contribution is 6.29. The molecule has 0 aliphatic heterocycles. The number of rotatable bonds is 12. The molecule has 0 N–H and O–H groups in total. The standard InChI is InChI=1S/C86H82N4/c1-9-23-57-49-79(89(75-39-19-27-55-25-11-13-33-65(55)75)63-41-43-71-69-35-15-17-37-77(69)87(81(71)53-63)61-31-21-29-59(51-61)85(3,4)5)73-48-46-68-58(24-10-2)50-80(74-47-45-67(57)83(73)84(68)74)90(76-40-20-28-56-26-12-14-34-66(56)76)64-42-44-72-70-36-16-18-38-78(70)88(82(72)54-64)62-32-22-30-60(52-62)86(6,7)8/h15-22,27-32,35-54H,9-14,23-26,33-34H2,1-8H3. The van der Waals surface area contributed by atoms with Crippen LogP contribution in [0.2, 0.25) is 0 Å². The summed E-state index contributed by atoms with van der Waals surface area (Å²) < 4.78 is 5.06. The summed E-state index contributed by atoms with van der Waals surface area (Å²) in [6.07, 6.45) is 13.2. The SMILES string of the molecule is CCCc1cc(N(c2ccc3c4ccccc4n(-c4cccc(C(C)(C)C)c4)c3c2)c2cccc3c2CCCC3)c2ccc3c(CCC)cc(N(c4ccc5c6ccccc6n(-c6cccc(C(C)(C)C)c6)c5c4)c4cccc5c4CCCC5)c4ccc1c2c34. The lowest BCUT2D eigenvalue weighted by atomic mass is 9.85. The summed E-state index contributed by atoms with van der Waals surface area (Å²) in [7, 11) is 0. The van der Waals surface area contributed by atoms with Crippen LogP contribution >= 0.6 is 0 Å². The van der Waals surface area contributed by atoms with E-state index in [1.54, 1.807) is 0 Å². The summed E-state index contributed by atoms with van der Waals surface area (Å²) in [6.45, 7) is 18.7. The van der Waals surface area contributed by atoms with Crippen molar-refractivity contribution in [3.63, 3.8) is 0 Å². The Bertz CT molecular complexity index is 4820. The van der Waals surface area contributed by atoms with E-state index in [-0.39, 0.29) is 10.8 Å². The Morgan fingerprint density at radius 1 is 0.333 bits per heavy atom. The van der Waals surface area contributed by atoms with Gasteiger partial charge in [-0.05, 0) is 226 Å². The number of nitrogens with zero attached hydrogens (tertiary/aromatic N) is 4. The molecule has 90 heavy (non-hydrogen) atoms. The van der Waals surface area contributed by atoms with E-state index in [2.05, 4.69) is 281 Å². The predicted octanol–water partition coefficient (Wildman–Crippen LogP) is 24.0. The Balaban J connectivity index is 0.985. The Hall–Kier alpha value is -9.12. The number of hydrogen-bond acceptors (Lipinski definition) is 2. The molecule has 4 nitrogen and oxygen atoms in total. The van der Waals surface area contributed by atoms with E-state index in [1.165, 1.54) is 192 Å². The first-order valence-electron chi connectivity index (χ1n) is 33.7. The zero-order valence-electron chi connectivity index (χ0n) is 53.9. The largest absolute Gasteiger partial charge is 0.309 e. The van der Waals surface area contributed by atoms with Crippen molar-refractivity contribution in [2.24, 2.45) is 0 Å². The molecule has 2 aliphatic carbocycles. The van der Waals surface area contributed by atoms with Crippen LogP contribution < -0.4 is 9.80 Å². The smallest absolute Gasteiger partial charge is 0.0561 e. The Morgan fingerprint density at radius 2 is 0.722 bits per heavy atom. The van der Waals surface area contributed by atoms with Gasteiger partial charge in [-0.25, -0.2) is 0 Å². The van der Waals surface area contributed by atoms with E-state index in [1.807, 2.05) is 0 Å². The van der Waals surface area contributed by atoms with Gasteiger partial charge < -0.3 is 18.9 Å². The maximum absolute atomic E-state index is 2.70. The van der Waals surface area contributed by atoms with Gasteiger partial charge in [-0.2, -0.15) is 0 Å². The Labute approximate surface area is 531 Å². The lowest BCUT2D eigenvalue weighted by molar-refractivity contribution is 0.589. The van der Waals surface area contributed by atoms with Gasteiger partial charge in [0, 0.05) is 66.4 Å². The Morgan fingerprint density at radius 3 is 1.16 bits per heavy atom. The quantitative estimate of drug-likeness (QED) is 0.113. The average Bonchev–Trinajstić information content (AvgIpc) is 0.811. The van der Waals surface area contributed by atoms with E-state index in [0.717, 1.165) is 51.4 Å². The normalized spacial score (nSPS) is 13.8.